The van der Waals surface area contributed by atoms with E-state index in [0.29, 0.717) is 12.6 Å². The first-order valence-electron chi connectivity index (χ1n) is 10.1. The second-order valence-electron chi connectivity index (χ2n) is 9.02. The average molecular weight is 447 g/mol. The Morgan fingerprint density at radius 2 is 1.87 bits per heavy atom. The zero-order chi connectivity index (χ0) is 23.2. The number of alkyl halides is 3. The van der Waals surface area contributed by atoms with Gasteiger partial charge in [-0.3, -0.25) is 9.88 Å². The summed E-state index contributed by atoms with van der Waals surface area (Å²) in [6.07, 6.45) is -4.73. The third-order valence-corrected chi connectivity index (χ3v) is 4.87. The van der Waals surface area contributed by atoms with E-state index >= 15 is 0 Å². The van der Waals surface area contributed by atoms with E-state index in [-0.39, 0.29) is 18.5 Å². The number of rotatable bonds is 3. The van der Waals surface area contributed by atoms with Crippen molar-refractivity contribution in [3.05, 3.63) is 18.1 Å². The lowest BCUT2D eigenvalue weighted by Gasteiger charge is -2.41. The van der Waals surface area contributed by atoms with Gasteiger partial charge < -0.3 is 18.9 Å². The molecule has 0 N–H and O–H groups in total. The SMILES string of the molecule is CC[C@H]1OC[C@H](N(C(=O)OC(C)(C)C)c2cncc(C(F)(F)F)n2)[C@H]2OC(C)(C)O[C@H]21. The van der Waals surface area contributed by atoms with Gasteiger partial charge in [-0.1, -0.05) is 6.92 Å². The molecule has 4 atom stereocenters. The molecule has 1 aromatic rings. The number of nitrogens with zero attached hydrogens (tertiary/aromatic N) is 3. The van der Waals surface area contributed by atoms with Crippen LogP contribution in [0.5, 0.6) is 0 Å². The first-order valence-corrected chi connectivity index (χ1v) is 10.1. The Balaban J connectivity index is 2.04. The summed E-state index contributed by atoms with van der Waals surface area (Å²) in [6.45, 7) is 10.4. The van der Waals surface area contributed by atoms with Crippen LogP contribution in [0.4, 0.5) is 23.8 Å². The summed E-state index contributed by atoms with van der Waals surface area (Å²) in [5.41, 5.74) is -2.11. The van der Waals surface area contributed by atoms with Crippen molar-refractivity contribution in [2.24, 2.45) is 0 Å². The third kappa shape index (κ3) is 5.27. The predicted octanol–water partition coefficient (Wildman–Crippen LogP) is 3.93. The number of ether oxygens (including phenoxy) is 4. The van der Waals surface area contributed by atoms with Crippen molar-refractivity contribution in [2.45, 2.75) is 89.9 Å². The van der Waals surface area contributed by atoms with E-state index in [0.717, 1.165) is 11.1 Å². The van der Waals surface area contributed by atoms with Gasteiger partial charge in [0.25, 0.3) is 0 Å². The second kappa shape index (κ2) is 8.18. The van der Waals surface area contributed by atoms with Gasteiger partial charge in [0.1, 0.15) is 17.8 Å². The van der Waals surface area contributed by atoms with Gasteiger partial charge in [0.15, 0.2) is 17.3 Å². The summed E-state index contributed by atoms with van der Waals surface area (Å²) in [5.74, 6) is -1.26. The molecule has 174 valence electrons. The molecule has 1 aromatic heterocycles. The van der Waals surface area contributed by atoms with Crippen molar-refractivity contribution in [1.82, 2.24) is 9.97 Å². The Kier molecular flexibility index (Phi) is 6.25. The minimum Gasteiger partial charge on any atom is -0.443 e. The van der Waals surface area contributed by atoms with Gasteiger partial charge in [0, 0.05) is 0 Å². The smallest absolute Gasteiger partial charge is 0.434 e. The molecule has 2 aliphatic rings. The number of aromatic nitrogens is 2. The minimum absolute atomic E-state index is 0.0102. The van der Waals surface area contributed by atoms with Crippen LogP contribution >= 0.6 is 0 Å². The fraction of sp³-hybridized carbons (Fsp3) is 0.750. The highest BCUT2D eigenvalue weighted by atomic mass is 19.4. The molecule has 11 heteroatoms. The van der Waals surface area contributed by atoms with Gasteiger partial charge >= 0.3 is 12.3 Å². The van der Waals surface area contributed by atoms with Crippen LogP contribution in [0.2, 0.25) is 0 Å². The monoisotopic (exact) mass is 447 g/mol. The summed E-state index contributed by atoms with van der Waals surface area (Å²) >= 11 is 0. The third-order valence-electron chi connectivity index (χ3n) is 4.87. The van der Waals surface area contributed by atoms with Crippen LogP contribution in [-0.2, 0) is 25.1 Å². The van der Waals surface area contributed by atoms with Crippen molar-refractivity contribution in [3.63, 3.8) is 0 Å². The van der Waals surface area contributed by atoms with Gasteiger partial charge in [0.2, 0.25) is 0 Å². The van der Waals surface area contributed by atoms with Gasteiger partial charge in [-0.15, -0.1) is 0 Å². The molecule has 0 spiro atoms. The molecule has 2 saturated heterocycles. The molecule has 8 nitrogen and oxygen atoms in total. The molecule has 0 saturated carbocycles. The van der Waals surface area contributed by atoms with Crippen molar-refractivity contribution in [3.8, 4) is 0 Å². The number of carbonyl (C=O) groups is 1. The first kappa shape index (κ1) is 23.7. The van der Waals surface area contributed by atoms with E-state index in [1.807, 2.05) is 6.92 Å². The summed E-state index contributed by atoms with van der Waals surface area (Å²) in [6, 6.07) is -0.831. The Hall–Kier alpha value is -1.98. The van der Waals surface area contributed by atoms with E-state index in [4.69, 9.17) is 18.9 Å². The lowest BCUT2D eigenvalue weighted by Crippen LogP contribution is -2.60. The minimum atomic E-state index is -4.73. The number of hydrogen-bond donors (Lipinski definition) is 0. The quantitative estimate of drug-likeness (QED) is 0.694. The molecule has 2 aliphatic heterocycles. The van der Waals surface area contributed by atoms with Crippen LogP contribution in [-0.4, -0.2) is 58.4 Å². The second-order valence-corrected chi connectivity index (χ2v) is 9.02. The van der Waals surface area contributed by atoms with Crippen molar-refractivity contribution < 1.29 is 36.9 Å². The van der Waals surface area contributed by atoms with Crippen molar-refractivity contribution in [1.29, 1.82) is 0 Å². The van der Waals surface area contributed by atoms with E-state index in [1.54, 1.807) is 34.6 Å². The zero-order valence-electron chi connectivity index (χ0n) is 18.4. The van der Waals surface area contributed by atoms with Crippen LogP contribution in [0.3, 0.4) is 0 Å². The molecule has 1 amide bonds. The van der Waals surface area contributed by atoms with Gasteiger partial charge in [-0.2, -0.15) is 13.2 Å². The fourth-order valence-electron chi connectivity index (χ4n) is 3.70. The molecule has 3 rings (SSSR count). The first-order chi connectivity index (χ1) is 14.2. The standard InChI is InChI=1S/C20H28F3N3O5/c1-7-12-16-15(29-19(5,6)30-16)11(10-28-12)26(17(27)31-18(2,3)4)14-9-24-8-13(25-14)20(21,22)23/h8-9,11-12,15-16H,7,10H2,1-6H3/t11-,12+,15+,16-/m0/s1. The van der Waals surface area contributed by atoms with Crippen LogP contribution in [0, 0.1) is 0 Å². The number of amides is 1. The molecule has 2 fully saturated rings. The molecule has 0 bridgehead atoms. The molecule has 0 unspecified atom stereocenters. The maximum Gasteiger partial charge on any atom is 0.434 e. The highest BCUT2D eigenvalue weighted by Crippen LogP contribution is 2.39. The topological polar surface area (TPSA) is 83.0 Å². The maximum absolute atomic E-state index is 13.3. The molecular formula is C20H28F3N3O5. The number of fused-ring (bicyclic) bond motifs is 1. The van der Waals surface area contributed by atoms with Crippen LogP contribution < -0.4 is 4.90 Å². The molecule has 0 radical (unpaired) electrons. The number of halogens is 3. The normalized spacial score (nSPS) is 28.2. The van der Waals surface area contributed by atoms with E-state index in [2.05, 4.69) is 9.97 Å². The number of hydrogen-bond acceptors (Lipinski definition) is 7. The highest BCUT2D eigenvalue weighted by Gasteiger charge is 2.54. The lowest BCUT2D eigenvalue weighted by atomic mass is 9.95. The maximum atomic E-state index is 13.3. The molecule has 3 heterocycles. The Morgan fingerprint density at radius 1 is 1.23 bits per heavy atom. The largest absolute Gasteiger partial charge is 0.443 e. The Labute approximate surface area is 179 Å². The summed E-state index contributed by atoms with van der Waals surface area (Å²) in [4.78, 5) is 21.4. The summed E-state index contributed by atoms with van der Waals surface area (Å²) in [7, 11) is 0. The van der Waals surface area contributed by atoms with Gasteiger partial charge in [-0.05, 0) is 41.0 Å². The van der Waals surface area contributed by atoms with Crippen LogP contribution in [0.25, 0.3) is 0 Å². The van der Waals surface area contributed by atoms with Crippen molar-refractivity contribution in [2.75, 3.05) is 11.5 Å². The molecule has 0 aliphatic carbocycles. The van der Waals surface area contributed by atoms with E-state index in [1.165, 1.54) is 0 Å². The number of anilines is 1. The van der Waals surface area contributed by atoms with Gasteiger partial charge in [0.05, 0.1) is 31.1 Å². The van der Waals surface area contributed by atoms with Crippen LogP contribution in [0.15, 0.2) is 12.4 Å². The molecule has 0 aromatic carbocycles. The molecular weight excluding hydrogens is 419 g/mol. The summed E-state index contributed by atoms with van der Waals surface area (Å²) in [5, 5.41) is 0. The van der Waals surface area contributed by atoms with Crippen LogP contribution in [0.1, 0.15) is 53.7 Å². The van der Waals surface area contributed by atoms with Crippen molar-refractivity contribution >= 4 is 11.9 Å². The van der Waals surface area contributed by atoms with E-state index in [9.17, 15) is 18.0 Å². The zero-order valence-corrected chi connectivity index (χ0v) is 18.4. The highest BCUT2D eigenvalue weighted by molar-refractivity contribution is 5.87. The van der Waals surface area contributed by atoms with E-state index < -0.39 is 47.6 Å². The fourth-order valence-corrected chi connectivity index (χ4v) is 3.70. The predicted molar refractivity (Wildman–Crippen MR) is 103 cm³/mol. The number of carbonyl (C=O) groups excluding carboxylic acids is 1. The average Bonchev–Trinajstić information content (AvgIpc) is 2.95. The Morgan fingerprint density at radius 3 is 2.45 bits per heavy atom. The lowest BCUT2D eigenvalue weighted by molar-refractivity contribution is -0.153. The summed E-state index contributed by atoms with van der Waals surface area (Å²) < 4.78 is 63.2. The molecule has 31 heavy (non-hydrogen) atoms. The Bertz CT molecular complexity index is 812. The van der Waals surface area contributed by atoms with Gasteiger partial charge in [-0.25, -0.2) is 9.78 Å².